The maximum absolute atomic E-state index is 11.7. The highest BCUT2D eigenvalue weighted by molar-refractivity contribution is 5.76. The van der Waals surface area contributed by atoms with Crippen LogP contribution in [-0.2, 0) is 16.1 Å². The monoisotopic (exact) mass is 282 g/mol. The van der Waals surface area contributed by atoms with Crippen LogP contribution >= 0.6 is 0 Å². The van der Waals surface area contributed by atoms with Crippen LogP contribution in [0.2, 0.25) is 0 Å². The lowest BCUT2D eigenvalue weighted by Gasteiger charge is -2.18. The predicted molar refractivity (Wildman–Crippen MR) is 77.2 cm³/mol. The molecule has 1 rings (SSSR count). The van der Waals surface area contributed by atoms with Gasteiger partial charge >= 0.3 is 0 Å². The van der Waals surface area contributed by atoms with Gasteiger partial charge in [-0.1, -0.05) is 19.1 Å². The third kappa shape index (κ3) is 5.69. The number of hydrogen-bond donors (Lipinski definition) is 0. The van der Waals surface area contributed by atoms with Crippen LogP contribution < -0.4 is 0 Å². The molecular formula is C14H26N4O2. The van der Waals surface area contributed by atoms with E-state index >= 15 is 0 Å². The Morgan fingerprint density at radius 1 is 1.40 bits per heavy atom. The van der Waals surface area contributed by atoms with Crippen LogP contribution in [0.3, 0.4) is 0 Å². The summed E-state index contributed by atoms with van der Waals surface area (Å²) in [6, 6.07) is 0.302. The minimum atomic E-state index is 0.161. The Bertz CT molecular complexity index is 415. The summed E-state index contributed by atoms with van der Waals surface area (Å²) in [6.07, 6.45) is 2.47. The highest BCUT2D eigenvalue weighted by Crippen LogP contribution is 2.04. The number of aromatic nitrogens is 3. The van der Waals surface area contributed by atoms with E-state index in [9.17, 15) is 4.79 Å². The van der Waals surface area contributed by atoms with Gasteiger partial charge in [0.25, 0.3) is 0 Å². The molecule has 1 aromatic rings. The lowest BCUT2D eigenvalue weighted by atomic mass is 10.1. The molecule has 0 aliphatic rings. The second kappa shape index (κ2) is 7.99. The van der Waals surface area contributed by atoms with Crippen molar-refractivity contribution in [2.45, 2.75) is 46.8 Å². The zero-order valence-corrected chi connectivity index (χ0v) is 13.2. The fourth-order valence-electron chi connectivity index (χ4n) is 1.64. The fraction of sp³-hybridized carbons (Fsp3) is 0.786. The third-order valence-corrected chi connectivity index (χ3v) is 2.92. The van der Waals surface area contributed by atoms with Gasteiger partial charge in [-0.2, -0.15) is 0 Å². The quantitative estimate of drug-likeness (QED) is 0.683. The summed E-state index contributed by atoms with van der Waals surface area (Å²) in [7, 11) is 1.81. The Kier molecular flexibility index (Phi) is 6.64. The molecule has 0 saturated carbocycles. The maximum atomic E-state index is 11.7. The summed E-state index contributed by atoms with van der Waals surface area (Å²) in [5.41, 5.74) is 0.815. The Morgan fingerprint density at radius 3 is 2.65 bits per heavy atom. The molecule has 20 heavy (non-hydrogen) atoms. The summed E-state index contributed by atoms with van der Waals surface area (Å²) < 4.78 is 7.33. The predicted octanol–water partition coefficient (Wildman–Crippen LogP) is 1.88. The normalized spacial score (nSPS) is 11.3. The van der Waals surface area contributed by atoms with Gasteiger partial charge in [-0.05, 0) is 19.8 Å². The smallest absolute Gasteiger partial charge is 0.222 e. The number of amides is 1. The van der Waals surface area contributed by atoms with Gasteiger partial charge in [0, 0.05) is 26.1 Å². The van der Waals surface area contributed by atoms with Gasteiger partial charge in [0.15, 0.2) is 0 Å². The maximum Gasteiger partial charge on any atom is 0.222 e. The molecule has 0 fully saturated rings. The zero-order valence-electron chi connectivity index (χ0n) is 13.2. The molecule has 0 saturated heterocycles. The second-order valence-electron chi connectivity index (χ2n) is 5.75. The van der Waals surface area contributed by atoms with Gasteiger partial charge in [-0.25, -0.2) is 4.68 Å². The standard InChI is InChI=1S/C14H26N4O2/c1-11(2)8-14(19)17(5)6-7-20-10-13-9-18(12(3)4)16-15-13/h9,11-12H,6-8,10H2,1-5H3. The van der Waals surface area contributed by atoms with E-state index in [2.05, 4.69) is 24.2 Å². The zero-order chi connectivity index (χ0) is 15.1. The first-order valence-electron chi connectivity index (χ1n) is 7.12. The highest BCUT2D eigenvalue weighted by Gasteiger charge is 2.10. The Balaban J connectivity index is 2.22. The second-order valence-corrected chi connectivity index (χ2v) is 5.75. The number of rotatable bonds is 8. The first kappa shape index (κ1) is 16.6. The summed E-state index contributed by atoms with van der Waals surface area (Å²) >= 11 is 0. The average Bonchev–Trinajstić information content (AvgIpc) is 2.82. The summed E-state index contributed by atoms with van der Waals surface area (Å²) in [4.78, 5) is 13.5. The molecule has 6 heteroatoms. The number of hydrogen-bond acceptors (Lipinski definition) is 4. The Morgan fingerprint density at radius 2 is 2.10 bits per heavy atom. The fourth-order valence-corrected chi connectivity index (χ4v) is 1.64. The van der Waals surface area contributed by atoms with Crippen molar-refractivity contribution in [1.82, 2.24) is 19.9 Å². The van der Waals surface area contributed by atoms with Gasteiger partial charge < -0.3 is 9.64 Å². The van der Waals surface area contributed by atoms with E-state index in [4.69, 9.17) is 4.74 Å². The molecule has 0 radical (unpaired) electrons. The lowest BCUT2D eigenvalue weighted by Crippen LogP contribution is -2.30. The molecule has 1 aromatic heterocycles. The highest BCUT2D eigenvalue weighted by atomic mass is 16.5. The van der Waals surface area contributed by atoms with Crippen molar-refractivity contribution < 1.29 is 9.53 Å². The van der Waals surface area contributed by atoms with E-state index in [0.717, 1.165) is 5.69 Å². The first-order chi connectivity index (χ1) is 9.40. The topological polar surface area (TPSA) is 60.2 Å². The van der Waals surface area contributed by atoms with E-state index in [0.29, 0.717) is 38.1 Å². The minimum Gasteiger partial charge on any atom is -0.373 e. The molecule has 0 bridgehead atoms. The van der Waals surface area contributed by atoms with Crippen LogP contribution in [0.1, 0.15) is 45.9 Å². The van der Waals surface area contributed by atoms with Crippen molar-refractivity contribution in [2.24, 2.45) is 5.92 Å². The Labute approximate surface area is 121 Å². The summed E-state index contributed by atoms with van der Waals surface area (Å²) in [5, 5.41) is 8.05. The molecule has 0 aromatic carbocycles. The van der Waals surface area contributed by atoms with Gasteiger partial charge in [-0.3, -0.25) is 4.79 Å². The number of carbonyl (C=O) groups is 1. The molecule has 0 atom stereocenters. The van der Waals surface area contributed by atoms with Gasteiger partial charge in [-0.15, -0.1) is 5.10 Å². The molecular weight excluding hydrogens is 256 g/mol. The summed E-state index contributed by atoms with van der Waals surface area (Å²) in [6.45, 7) is 9.72. The van der Waals surface area contributed by atoms with Crippen LogP contribution in [0.5, 0.6) is 0 Å². The van der Waals surface area contributed by atoms with Gasteiger partial charge in [0.2, 0.25) is 5.91 Å². The van der Waals surface area contributed by atoms with E-state index < -0.39 is 0 Å². The van der Waals surface area contributed by atoms with Crippen LogP contribution in [0.15, 0.2) is 6.20 Å². The van der Waals surface area contributed by atoms with Crippen molar-refractivity contribution >= 4 is 5.91 Å². The van der Waals surface area contributed by atoms with E-state index in [-0.39, 0.29) is 5.91 Å². The number of nitrogens with zero attached hydrogens (tertiary/aromatic N) is 4. The molecule has 1 amide bonds. The molecule has 0 aliphatic heterocycles. The molecule has 1 heterocycles. The lowest BCUT2D eigenvalue weighted by molar-refractivity contribution is -0.131. The number of carbonyl (C=O) groups excluding carboxylic acids is 1. The van der Waals surface area contributed by atoms with Crippen molar-refractivity contribution in [1.29, 1.82) is 0 Å². The van der Waals surface area contributed by atoms with E-state index in [1.54, 1.807) is 9.58 Å². The molecule has 0 unspecified atom stereocenters. The largest absolute Gasteiger partial charge is 0.373 e. The van der Waals surface area contributed by atoms with Crippen molar-refractivity contribution in [3.63, 3.8) is 0 Å². The summed E-state index contributed by atoms with van der Waals surface area (Å²) in [5.74, 6) is 0.547. The van der Waals surface area contributed by atoms with Gasteiger partial charge in [0.05, 0.1) is 19.4 Å². The van der Waals surface area contributed by atoms with Crippen LogP contribution in [0, 0.1) is 5.92 Å². The SMILES string of the molecule is CC(C)CC(=O)N(C)CCOCc1cn(C(C)C)nn1. The molecule has 114 valence electrons. The first-order valence-corrected chi connectivity index (χ1v) is 7.12. The molecule has 0 N–H and O–H groups in total. The molecule has 6 nitrogen and oxygen atoms in total. The number of ether oxygens (including phenoxy) is 1. The van der Waals surface area contributed by atoms with E-state index in [1.165, 1.54) is 0 Å². The third-order valence-electron chi connectivity index (χ3n) is 2.92. The molecule has 0 spiro atoms. The van der Waals surface area contributed by atoms with Crippen LogP contribution in [0.25, 0.3) is 0 Å². The van der Waals surface area contributed by atoms with Crippen LogP contribution in [-0.4, -0.2) is 46.0 Å². The van der Waals surface area contributed by atoms with Crippen molar-refractivity contribution in [2.75, 3.05) is 20.2 Å². The van der Waals surface area contributed by atoms with Crippen LogP contribution in [0.4, 0.5) is 0 Å². The van der Waals surface area contributed by atoms with Crippen molar-refractivity contribution in [3.05, 3.63) is 11.9 Å². The van der Waals surface area contributed by atoms with Crippen molar-refractivity contribution in [3.8, 4) is 0 Å². The number of likely N-dealkylation sites (N-methyl/N-ethyl adjacent to an activating group) is 1. The Hall–Kier alpha value is -1.43. The average molecular weight is 282 g/mol. The van der Waals surface area contributed by atoms with E-state index in [1.807, 2.05) is 27.1 Å². The molecule has 0 aliphatic carbocycles. The van der Waals surface area contributed by atoms with Gasteiger partial charge in [0.1, 0.15) is 5.69 Å². The minimum absolute atomic E-state index is 0.161.